The third-order valence-corrected chi connectivity index (χ3v) is 22.7. The SMILES string of the molecule is CCCC(C)CCSC(CCC(=O)OCCCCCCN(CCCCO)CCCCCCOC(=O)CCC(SCCC(C)CCCC(C)CC)SCCC(C)CCC1CC1CC)SCCC1CC1CC1CC1. The fourth-order valence-corrected chi connectivity index (χ4v) is 16.8. The maximum atomic E-state index is 12.9. The maximum Gasteiger partial charge on any atom is 0.305 e. The first-order valence-electron chi connectivity index (χ1n) is 31.1. The molecule has 10 heteroatoms. The van der Waals surface area contributed by atoms with Crippen molar-refractivity contribution in [3.63, 3.8) is 0 Å². The Balaban J connectivity index is 1.23. The third kappa shape index (κ3) is 36.4. The summed E-state index contributed by atoms with van der Waals surface area (Å²) in [6.07, 6.45) is 38.3. The Kier molecular flexibility index (Phi) is 39.9. The highest BCUT2D eigenvalue weighted by Gasteiger charge is 2.40. The van der Waals surface area contributed by atoms with Gasteiger partial charge in [-0.1, -0.05) is 138 Å². The van der Waals surface area contributed by atoms with Crippen LogP contribution < -0.4 is 0 Å². The molecule has 1 N–H and O–H groups in total. The number of esters is 2. The molecular weight excluding hydrogens is 967 g/mol. The van der Waals surface area contributed by atoms with Gasteiger partial charge in [0.1, 0.15) is 0 Å². The van der Waals surface area contributed by atoms with Crippen molar-refractivity contribution in [1.82, 2.24) is 4.90 Å². The quantitative estimate of drug-likeness (QED) is 0.0362. The Hall–Kier alpha value is 0.260. The summed E-state index contributed by atoms with van der Waals surface area (Å²) >= 11 is 8.44. The van der Waals surface area contributed by atoms with Crippen LogP contribution in [0.3, 0.4) is 0 Å². The van der Waals surface area contributed by atoms with Gasteiger partial charge in [-0.2, -0.15) is 0 Å². The minimum Gasteiger partial charge on any atom is -0.466 e. The number of carbonyl (C=O) groups is 2. The second kappa shape index (κ2) is 43.2. The molecule has 0 aromatic heterocycles. The summed E-state index contributed by atoms with van der Waals surface area (Å²) in [6, 6.07) is 0. The summed E-state index contributed by atoms with van der Waals surface area (Å²) in [4.78, 5) is 28.3. The van der Waals surface area contributed by atoms with E-state index in [1.807, 2.05) is 0 Å². The number of thioether (sulfide) groups is 4. The molecule has 0 bridgehead atoms. The lowest BCUT2D eigenvalue weighted by atomic mass is 9.96. The molecule has 3 saturated carbocycles. The summed E-state index contributed by atoms with van der Waals surface area (Å²) in [6.45, 7) is 21.2. The molecule has 3 rings (SSSR count). The predicted octanol–water partition coefficient (Wildman–Crippen LogP) is 18.2. The molecule has 424 valence electrons. The summed E-state index contributed by atoms with van der Waals surface area (Å²) in [5, 5.41) is 9.42. The molecule has 6 nitrogen and oxygen atoms in total. The molecule has 10 atom stereocenters. The summed E-state index contributed by atoms with van der Waals surface area (Å²) in [5.41, 5.74) is 0. The van der Waals surface area contributed by atoms with Crippen LogP contribution in [0.25, 0.3) is 0 Å². The van der Waals surface area contributed by atoms with E-state index >= 15 is 0 Å². The topological polar surface area (TPSA) is 76.1 Å². The molecular formula is C62H117NO5S4. The molecule has 3 aliphatic carbocycles. The average molecular weight is 1080 g/mol. The van der Waals surface area contributed by atoms with Crippen LogP contribution in [0.15, 0.2) is 0 Å². The Labute approximate surface area is 464 Å². The molecule has 0 heterocycles. The lowest BCUT2D eigenvalue weighted by molar-refractivity contribution is -0.144. The normalized spacial score (nSPS) is 21.1. The van der Waals surface area contributed by atoms with E-state index in [1.165, 1.54) is 139 Å². The number of ether oxygens (including phenoxy) is 2. The number of carbonyl (C=O) groups excluding carboxylic acids is 2. The van der Waals surface area contributed by atoms with Gasteiger partial charge in [-0.15, -0.1) is 47.0 Å². The van der Waals surface area contributed by atoms with Crippen molar-refractivity contribution in [3.8, 4) is 0 Å². The first kappa shape index (κ1) is 66.5. The minimum atomic E-state index is -0.0118. The van der Waals surface area contributed by atoms with Crippen molar-refractivity contribution in [1.29, 1.82) is 0 Å². The van der Waals surface area contributed by atoms with Gasteiger partial charge in [0.15, 0.2) is 0 Å². The fourth-order valence-electron chi connectivity index (χ4n) is 10.7. The summed E-state index contributed by atoms with van der Waals surface area (Å²) in [7, 11) is 0. The Morgan fingerprint density at radius 1 is 0.514 bits per heavy atom. The molecule has 10 unspecified atom stereocenters. The highest BCUT2D eigenvalue weighted by molar-refractivity contribution is 8.17. The van der Waals surface area contributed by atoms with Crippen molar-refractivity contribution in [2.45, 2.75) is 263 Å². The van der Waals surface area contributed by atoms with Crippen LogP contribution in [0.2, 0.25) is 0 Å². The number of nitrogens with zero attached hydrogens (tertiary/aromatic N) is 1. The fraction of sp³-hybridized carbons (Fsp3) is 0.968. The lowest BCUT2D eigenvalue weighted by Crippen LogP contribution is -2.27. The van der Waals surface area contributed by atoms with Crippen LogP contribution >= 0.6 is 47.0 Å². The van der Waals surface area contributed by atoms with Gasteiger partial charge in [-0.25, -0.2) is 0 Å². The molecule has 0 amide bonds. The number of aliphatic hydroxyl groups excluding tert-OH is 1. The van der Waals surface area contributed by atoms with Crippen LogP contribution in [0.1, 0.15) is 254 Å². The van der Waals surface area contributed by atoms with Crippen LogP contribution in [-0.2, 0) is 19.1 Å². The van der Waals surface area contributed by atoms with Crippen molar-refractivity contribution in [2.75, 3.05) is 62.5 Å². The highest BCUT2D eigenvalue weighted by atomic mass is 32.2. The molecule has 72 heavy (non-hydrogen) atoms. The van der Waals surface area contributed by atoms with Crippen LogP contribution in [0.4, 0.5) is 0 Å². The van der Waals surface area contributed by atoms with Crippen LogP contribution in [0.5, 0.6) is 0 Å². The maximum absolute atomic E-state index is 12.9. The monoisotopic (exact) mass is 1080 g/mol. The van der Waals surface area contributed by atoms with E-state index in [0.29, 0.717) is 35.2 Å². The van der Waals surface area contributed by atoms with E-state index in [0.717, 1.165) is 150 Å². The predicted molar refractivity (Wildman–Crippen MR) is 322 cm³/mol. The van der Waals surface area contributed by atoms with Crippen molar-refractivity contribution < 1.29 is 24.2 Å². The summed E-state index contributed by atoms with van der Waals surface area (Å²) < 4.78 is 12.5. The van der Waals surface area contributed by atoms with Crippen molar-refractivity contribution in [2.24, 2.45) is 53.3 Å². The Bertz CT molecular complexity index is 1310. The molecule has 3 aliphatic rings. The van der Waals surface area contributed by atoms with Gasteiger partial charge in [0.05, 0.1) is 22.4 Å². The van der Waals surface area contributed by atoms with E-state index in [9.17, 15) is 14.7 Å². The van der Waals surface area contributed by atoms with Gasteiger partial charge in [0, 0.05) is 19.4 Å². The lowest BCUT2D eigenvalue weighted by Gasteiger charge is -2.22. The molecule has 0 aromatic carbocycles. The smallest absolute Gasteiger partial charge is 0.305 e. The first-order valence-corrected chi connectivity index (χ1v) is 35.3. The van der Waals surface area contributed by atoms with E-state index < -0.39 is 0 Å². The van der Waals surface area contributed by atoms with Crippen LogP contribution in [-0.4, -0.2) is 93.6 Å². The van der Waals surface area contributed by atoms with Gasteiger partial charge in [-0.3, -0.25) is 9.59 Å². The first-order chi connectivity index (χ1) is 35.0. The largest absolute Gasteiger partial charge is 0.466 e. The zero-order chi connectivity index (χ0) is 52.0. The average Bonchev–Trinajstić information content (AvgIpc) is 4.29. The molecule has 0 spiro atoms. The molecule has 0 saturated heterocycles. The summed E-state index contributed by atoms with van der Waals surface area (Å²) in [5.74, 6) is 13.1. The van der Waals surface area contributed by atoms with Crippen molar-refractivity contribution in [3.05, 3.63) is 0 Å². The van der Waals surface area contributed by atoms with E-state index in [4.69, 9.17) is 9.47 Å². The van der Waals surface area contributed by atoms with E-state index in [2.05, 4.69) is 100 Å². The highest BCUT2D eigenvalue weighted by Crippen LogP contribution is 2.51. The number of hydrogen-bond acceptors (Lipinski definition) is 10. The number of unbranched alkanes of at least 4 members (excludes halogenated alkanes) is 7. The standard InChI is InChI=1S/C62H117NO5S4/c1-8-22-51(5)33-43-69-62(72-46-36-57-49-58(57)47-54-26-27-54)32-30-60(66)68-42-20-14-12-16-38-63(39-17-18-40-64)37-15-11-13-19-41-67-59(65)29-31-61(70-44-34-52(6)24-21-23-50(4)9-2)71-45-35-53(7)25-28-56-48-55(56)10-3/h50-58,61-62,64H,8-49H2,1-7H3. The van der Waals surface area contributed by atoms with E-state index in [1.54, 1.807) is 0 Å². The minimum absolute atomic E-state index is 0.00822. The Morgan fingerprint density at radius 2 is 1.00 bits per heavy atom. The molecule has 0 aliphatic heterocycles. The van der Waals surface area contributed by atoms with E-state index in [-0.39, 0.29) is 18.5 Å². The zero-order valence-corrected chi connectivity index (χ0v) is 51.5. The number of rotatable bonds is 53. The van der Waals surface area contributed by atoms with Gasteiger partial charge in [0.2, 0.25) is 0 Å². The van der Waals surface area contributed by atoms with Gasteiger partial charge >= 0.3 is 11.9 Å². The molecule has 0 radical (unpaired) electrons. The number of aliphatic hydroxyl groups is 1. The molecule has 3 fully saturated rings. The van der Waals surface area contributed by atoms with Gasteiger partial charge in [-0.05, 0) is 199 Å². The van der Waals surface area contributed by atoms with Crippen LogP contribution in [0, 0.1) is 53.3 Å². The Morgan fingerprint density at radius 3 is 1.51 bits per heavy atom. The number of hydrogen-bond donors (Lipinski definition) is 1. The second-order valence-electron chi connectivity index (χ2n) is 23.8. The molecule has 0 aromatic rings. The third-order valence-electron chi connectivity index (χ3n) is 16.7. The zero-order valence-electron chi connectivity index (χ0n) is 48.2. The van der Waals surface area contributed by atoms with Crippen molar-refractivity contribution >= 4 is 59.0 Å². The van der Waals surface area contributed by atoms with Gasteiger partial charge < -0.3 is 19.5 Å². The van der Waals surface area contributed by atoms with Gasteiger partial charge in [0.25, 0.3) is 0 Å². The second-order valence-corrected chi connectivity index (χ2v) is 29.7.